The van der Waals surface area contributed by atoms with Crippen molar-refractivity contribution in [3.63, 3.8) is 0 Å². The molecule has 0 unspecified atom stereocenters. The van der Waals surface area contributed by atoms with Crippen LogP contribution in [0, 0.1) is 5.82 Å². The summed E-state index contributed by atoms with van der Waals surface area (Å²) < 4.78 is 30.9. The second-order valence-corrected chi connectivity index (χ2v) is 8.73. The first kappa shape index (κ1) is 23.6. The number of carbonyl (C=O) groups excluding carboxylic acids is 1. The van der Waals surface area contributed by atoms with Crippen molar-refractivity contribution < 1.29 is 23.1 Å². The quantitative estimate of drug-likeness (QED) is 0.328. The van der Waals surface area contributed by atoms with Crippen LogP contribution in [0.15, 0.2) is 75.9 Å². The highest BCUT2D eigenvalue weighted by Crippen LogP contribution is 2.39. The zero-order valence-corrected chi connectivity index (χ0v) is 20.1. The van der Waals surface area contributed by atoms with Gasteiger partial charge in [-0.3, -0.25) is 9.59 Å². The fourth-order valence-electron chi connectivity index (χ4n) is 4.61. The molecule has 0 N–H and O–H groups in total. The van der Waals surface area contributed by atoms with Crippen molar-refractivity contribution in [2.24, 2.45) is 0 Å². The Labute approximate surface area is 207 Å². The molecule has 2 heterocycles. The first-order chi connectivity index (χ1) is 17.5. The molecule has 4 aromatic rings. The van der Waals surface area contributed by atoms with Crippen molar-refractivity contribution in [3.05, 3.63) is 105 Å². The normalized spacial score (nSPS) is 14.8. The SMILES string of the molecule is CCCOc1cccc([C@H]2c3c(oc4ccc(F)cc4c3=O)C(=O)N2CCc2ccc(OC)cc2)c1. The summed E-state index contributed by atoms with van der Waals surface area (Å²) >= 11 is 0. The first-order valence-electron chi connectivity index (χ1n) is 11.9. The Morgan fingerprint density at radius 2 is 1.81 bits per heavy atom. The highest BCUT2D eigenvalue weighted by Gasteiger charge is 2.42. The van der Waals surface area contributed by atoms with E-state index in [0.717, 1.165) is 29.4 Å². The molecule has 0 aliphatic carbocycles. The van der Waals surface area contributed by atoms with Crippen molar-refractivity contribution in [1.29, 1.82) is 0 Å². The smallest absolute Gasteiger partial charge is 0.290 e. The summed E-state index contributed by atoms with van der Waals surface area (Å²) in [4.78, 5) is 28.8. The van der Waals surface area contributed by atoms with E-state index in [4.69, 9.17) is 13.9 Å². The minimum absolute atomic E-state index is 0.00119. The van der Waals surface area contributed by atoms with Crippen molar-refractivity contribution in [2.75, 3.05) is 20.3 Å². The zero-order chi connectivity index (χ0) is 25.2. The summed E-state index contributed by atoms with van der Waals surface area (Å²) in [6.07, 6.45) is 1.42. The highest BCUT2D eigenvalue weighted by molar-refractivity contribution is 5.99. The monoisotopic (exact) mass is 487 g/mol. The van der Waals surface area contributed by atoms with Gasteiger partial charge in [0.25, 0.3) is 5.91 Å². The van der Waals surface area contributed by atoms with E-state index in [-0.39, 0.29) is 28.2 Å². The van der Waals surface area contributed by atoms with Gasteiger partial charge in [-0.1, -0.05) is 31.2 Å². The average molecular weight is 488 g/mol. The summed E-state index contributed by atoms with van der Waals surface area (Å²) in [5.41, 5.74) is 1.75. The summed E-state index contributed by atoms with van der Waals surface area (Å²) in [5, 5.41) is 0.113. The van der Waals surface area contributed by atoms with E-state index in [9.17, 15) is 14.0 Å². The summed E-state index contributed by atoms with van der Waals surface area (Å²) in [7, 11) is 1.61. The molecular formula is C29H26FNO5. The molecule has 0 bridgehead atoms. The number of ether oxygens (including phenoxy) is 2. The number of halogens is 1. The molecule has 5 rings (SSSR count). The van der Waals surface area contributed by atoms with E-state index in [1.54, 1.807) is 12.0 Å². The largest absolute Gasteiger partial charge is 0.497 e. The molecule has 1 aliphatic heterocycles. The summed E-state index contributed by atoms with van der Waals surface area (Å²) in [6.45, 7) is 2.92. The van der Waals surface area contributed by atoms with Gasteiger partial charge in [-0.25, -0.2) is 4.39 Å². The van der Waals surface area contributed by atoms with Gasteiger partial charge in [0.2, 0.25) is 5.76 Å². The lowest BCUT2D eigenvalue weighted by Crippen LogP contribution is -2.31. The molecule has 1 atom stereocenters. The van der Waals surface area contributed by atoms with Gasteiger partial charge in [0.1, 0.15) is 22.9 Å². The van der Waals surface area contributed by atoms with Gasteiger partial charge in [0.05, 0.1) is 30.7 Å². The van der Waals surface area contributed by atoms with Gasteiger partial charge < -0.3 is 18.8 Å². The number of hydrogen-bond donors (Lipinski definition) is 0. The second kappa shape index (κ2) is 9.85. The van der Waals surface area contributed by atoms with Crippen LogP contribution in [-0.4, -0.2) is 31.1 Å². The van der Waals surface area contributed by atoms with Crippen LogP contribution in [0.2, 0.25) is 0 Å². The van der Waals surface area contributed by atoms with Gasteiger partial charge >= 0.3 is 0 Å². The van der Waals surface area contributed by atoms with E-state index >= 15 is 0 Å². The average Bonchev–Trinajstić information content (AvgIpc) is 3.18. The minimum atomic E-state index is -0.681. The third-order valence-electron chi connectivity index (χ3n) is 6.37. The number of fused-ring (bicyclic) bond motifs is 2. The Morgan fingerprint density at radius 3 is 2.56 bits per heavy atom. The molecule has 1 aromatic heterocycles. The molecule has 1 amide bonds. The number of methoxy groups -OCH3 is 1. The van der Waals surface area contributed by atoms with Gasteiger partial charge in [-0.05, 0) is 66.4 Å². The van der Waals surface area contributed by atoms with Crippen LogP contribution in [0.5, 0.6) is 11.5 Å². The highest BCUT2D eigenvalue weighted by atomic mass is 19.1. The van der Waals surface area contributed by atoms with Crippen molar-refractivity contribution in [3.8, 4) is 11.5 Å². The van der Waals surface area contributed by atoms with Crippen LogP contribution in [0.3, 0.4) is 0 Å². The van der Waals surface area contributed by atoms with Crippen LogP contribution in [0.25, 0.3) is 11.0 Å². The summed E-state index contributed by atoms with van der Waals surface area (Å²) in [5.74, 6) is 0.493. The zero-order valence-electron chi connectivity index (χ0n) is 20.1. The molecule has 0 saturated heterocycles. The second-order valence-electron chi connectivity index (χ2n) is 8.73. The number of rotatable bonds is 8. The molecule has 3 aromatic carbocycles. The van der Waals surface area contributed by atoms with Crippen LogP contribution in [0.4, 0.5) is 4.39 Å². The molecule has 0 radical (unpaired) electrons. The number of carbonyl (C=O) groups is 1. The summed E-state index contributed by atoms with van der Waals surface area (Å²) in [6, 6.07) is 18.1. The first-order valence-corrected chi connectivity index (χ1v) is 11.9. The van der Waals surface area contributed by atoms with Crippen molar-refractivity contribution in [2.45, 2.75) is 25.8 Å². The molecule has 184 valence electrons. The third-order valence-corrected chi connectivity index (χ3v) is 6.37. The number of nitrogens with zero attached hydrogens (tertiary/aromatic N) is 1. The van der Waals surface area contributed by atoms with Gasteiger partial charge in [-0.15, -0.1) is 0 Å². The number of benzene rings is 3. The van der Waals surface area contributed by atoms with E-state index in [1.165, 1.54) is 12.1 Å². The maximum Gasteiger partial charge on any atom is 0.290 e. The Balaban J connectivity index is 1.59. The Bertz CT molecular complexity index is 1480. The van der Waals surface area contributed by atoms with Crippen molar-refractivity contribution in [1.82, 2.24) is 4.90 Å². The molecule has 7 heteroatoms. The van der Waals surface area contributed by atoms with Gasteiger partial charge in [-0.2, -0.15) is 0 Å². The molecule has 1 aliphatic rings. The van der Waals surface area contributed by atoms with Crippen molar-refractivity contribution >= 4 is 16.9 Å². The van der Waals surface area contributed by atoms with E-state index in [0.29, 0.717) is 25.3 Å². The lowest BCUT2D eigenvalue weighted by Gasteiger charge is -2.25. The predicted octanol–water partition coefficient (Wildman–Crippen LogP) is 5.52. The maximum atomic E-state index is 14.0. The fourth-order valence-corrected chi connectivity index (χ4v) is 4.61. The topological polar surface area (TPSA) is 69.0 Å². The van der Waals surface area contributed by atoms with Crippen LogP contribution in [-0.2, 0) is 6.42 Å². The van der Waals surface area contributed by atoms with Crippen LogP contribution >= 0.6 is 0 Å². The third kappa shape index (κ3) is 4.33. The van der Waals surface area contributed by atoms with Gasteiger partial charge in [0.15, 0.2) is 5.43 Å². The molecule has 0 fully saturated rings. The van der Waals surface area contributed by atoms with E-state index in [1.807, 2.05) is 55.5 Å². The minimum Gasteiger partial charge on any atom is -0.497 e. The Hall–Kier alpha value is -4.13. The van der Waals surface area contributed by atoms with E-state index < -0.39 is 17.3 Å². The molecular weight excluding hydrogens is 461 g/mol. The molecule has 36 heavy (non-hydrogen) atoms. The molecule has 6 nitrogen and oxygen atoms in total. The standard InChI is InChI=1S/C29H26FNO5/c1-3-15-35-22-6-4-5-19(16-22)26-25-27(32)23-17-20(30)9-12-24(23)36-28(25)29(33)31(26)14-13-18-7-10-21(34-2)11-8-18/h4-12,16-17,26H,3,13-15H2,1-2H3/t26-/m0/s1. The van der Waals surface area contributed by atoms with Crippen LogP contribution < -0.4 is 14.9 Å². The van der Waals surface area contributed by atoms with Gasteiger partial charge in [0, 0.05) is 6.54 Å². The lowest BCUT2D eigenvalue weighted by molar-refractivity contribution is 0.0730. The number of hydrogen-bond acceptors (Lipinski definition) is 5. The molecule has 0 spiro atoms. The Kier molecular flexibility index (Phi) is 6.46. The van der Waals surface area contributed by atoms with Crippen LogP contribution in [0.1, 0.15) is 46.6 Å². The molecule has 0 saturated carbocycles. The fraction of sp³-hybridized carbons (Fsp3) is 0.241. The predicted molar refractivity (Wildman–Crippen MR) is 134 cm³/mol. The maximum absolute atomic E-state index is 14.0. The van der Waals surface area contributed by atoms with E-state index in [2.05, 4.69) is 0 Å². The number of amides is 1. The Morgan fingerprint density at radius 1 is 1.00 bits per heavy atom. The lowest BCUT2D eigenvalue weighted by atomic mass is 9.98.